The average Bonchev–Trinajstić information content (AvgIpc) is 2.81. The summed E-state index contributed by atoms with van der Waals surface area (Å²) in [6.07, 6.45) is 0.832. The molecular formula is C17H15BrN2. The van der Waals surface area contributed by atoms with Gasteiger partial charge in [0.25, 0.3) is 0 Å². The molecule has 1 heterocycles. The van der Waals surface area contributed by atoms with E-state index < -0.39 is 0 Å². The quantitative estimate of drug-likeness (QED) is 0.740. The molecule has 1 N–H and O–H groups in total. The van der Waals surface area contributed by atoms with Gasteiger partial charge in [-0.2, -0.15) is 0 Å². The van der Waals surface area contributed by atoms with Crippen molar-refractivity contribution in [1.82, 2.24) is 9.97 Å². The van der Waals surface area contributed by atoms with Crippen molar-refractivity contribution >= 4 is 15.9 Å². The van der Waals surface area contributed by atoms with E-state index in [0.717, 1.165) is 33.7 Å². The number of aromatic nitrogens is 2. The van der Waals surface area contributed by atoms with Crippen molar-refractivity contribution in [1.29, 1.82) is 0 Å². The molecule has 3 aromatic rings. The highest BCUT2D eigenvalue weighted by atomic mass is 79.9. The number of nitrogens with one attached hydrogen (secondary N) is 1. The number of benzene rings is 2. The molecule has 0 aliphatic rings. The third-order valence-electron chi connectivity index (χ3n) is 3.27. The summed E-state index contributed by atoms with van der Waals surface area (Å²) in [5.41, 5.74) is 4.55. The first-order chi connectivity index (χ1) is 9.72. The Morgan fingerprint density at radius 3 is 2.40 bits per heavy atom. The highest BCUT2D eigenvalue weighted by Crippen LogP contribution is 2.23. The molecule has 2 aromatic carbocycles. The number of halogens is 1. The molecule has 0 spiro atoms. The number of hydrogen-bond donors (Lipinski definition) is 1. The van der Waals surface area contributed by atoms with Gasteiger partial charge in [-0.05, 0) is 24.6 Å². The summed E-state index contributed by atoms with van der Waals surface area (Å²) in [6.45, 7) is 2.07. The third kappa shape index (κ3) is 2.83. The van der Waals surface area contributed by atoms with Crippen LogP contribution in [0.3, 0.4) is 0 Å². The fraction of sp³-hybridized carbons (Fsp3) is 0.118. The molecule has 0 radical (unpaired) electrons. The molecule has 0 aliphatic carbocycles. The Morgan fingerprint density at radius 2 is 1.70 bits per heavy atom. The van der Waals surface area contributed by atoms with Gasteiger partial charge in [0.15, 0.2) is 0 Å². The van der Waals surface area contributed by atoms with Crippen molar-refractivity contribution in [2.24, 2.45) is 0 Å². The number of aromatic amines is 1. The molecule has 0 atom stereocenters. The molecule has 0 unspecified atom stereocenters. The van der Waals surface area contributed by atoms with Gasteiger partial charge in [0, 0.05) is 22.2 Å². The Kier molecular flexibility index (Phi) is 3.70. The van der Waals surface area contributed by atoms with E-state index in [1.54, 1.807) is 0 Å². The zero-order valence-corrected chi connectivity index (χ0v) is 12.8. The standard InChI is InChI=1S/C17H15BrN2/c1-12-17(14-7-9-15(18)10-8-14)20-16(19-12)11-13-5-3-2-4-6-13/h2-10H,11H2,1H3,(H,19,20). The van der Waals surface area contributed by atoms with Gasteiger partial charge in [-0.3, -0.25) is 0 Å². The molecule has 100 valence electrons. The number of hydrogen-bond acceptors (Lipinski definition) is 1. The van der Waals surface area contributed by atoms with Gasteiger partial charge < -0.3 is 4.98 Å². The van der Waals surface area contributed by atoms with E-state index in [9.17, 15) is 0 Å². The van der Waals surface area contributed by atoms with E-state index in [0.29, 0.717) is 0 Å². The molecular weight excluding hydrogens is 312 g/mol. The lowest BCUT2D eigenvalue weighted by molar-refractivity contribution is 1.02. The van der Waals surface area contributed by atoms with Crippen LogP contribution in [-0.2, 0) is 6.42 Å². The first kappa shape index (κ1) is 13.1. The lowest BCUT2D eigenvalue weighted by Gasteiger charge is -1.98. The Labute approximate surface area is 127 Å². The van der Waals surface area contributed by atoms with Gasteiger partial charge in [0.05, 0.1) is 5.69 Å². The fourth-order valence-corrected chi connectivity index (χ4v) is 2.55. The van der Waals surface area contributed by atoms with Crippen molar-refractivity contribution in [3.63, 3.8) is 0 Å². The summed E-state index contributed by atoms with van der Waals surface area (Å²) in [7, 11) is 0. The predicted octanol–water partition coefficient (Wildman–Crippen LogP) is 4.74. The van der Waals surface area contributed by atoms with Gasteiger partial charge in [0.2, 0.25) is 0 Å². The maximum atomic E-state index is 4.73. The monoisotopic (exact) mass is 326 g/mol. The summed E-state index contributed by atoms with van der Waals surface area (Å²) in [4.78, 5) is 8.12. The number of nitrogens with zero attached hydrogens (tertiary/aromatic N) is 1. The number of aryl methyl sites for hydroxylation is 1. The summed E-state index contributed by atoms with van der Waals surface area (Å²) >= 11 is 3.46. The van der Waals surface area contributed by atoms with Crippen molar-refractivity contribution in [3.05, 3.63) is 76.2 Å². The van der Waals surface area contributed by atoms with Gasteiger partial charge >= 0.3 is 0 Å². The molecule has 2 nitrogen and oxygen atoms in total. The minimum atomic E-state index is 0.832. The number of imidazole rings is 1. The Morgan fingerprint density at radius 1 is 1.00 bits per heavy atom. The van der Waals surface area contributed by atoms with Crippen LogP contribution in [-0.4, -0.2) is 9.97 Å². The molecule has 0 saturated carbocycles. The number of H-pyrrole nitrogens is 1. The molecule has 20 heavy (non-hydrogen) atoms. The molecule has 1 aromatic heterocycles. The minimum Gasteiger partial charge on any atom is -0.345 e. The third-order valence-corrected chi connectivity index (χ3v) is 3.79. The smallest absolute Gasteiger partial charge is 0.111 e. The molecule has 0 bridgehead atoms. The second-order valence-corrected chi connectivity index (χ2v) is 5.74. The molecule has 0 fully saturated rings. The van der Waals surface area contributed by atoms with Crippen LogP contribution < -0.4 is 0 Å². The van der Waals surface area contributed by atoms with E-state index in [1.165, 1.54) is 5.56 Å². The van der Waals surface area contributed by atoms with E-state index in [4.69, 9.17) is 4.98 Å². The van der Waals surface area contributed by atoms with Crippen LogP contribution >= 0.6 is 15.9 Å². The average molecular weight is 327 g/mol. The minimum absolute atomic E-state index is 0.832. The Hall–Kier alpha value is -1.87. The molecule has 3 rings (SSSR count). The number of rotatable bonds is 3. The van der Waals surface area contributed by atoms with Crippen molar-refractivity contribution in [2.45, 2.75) is 13.3 Å². The first-order valence-corrected chi connectivity index (χ1v) is 7.37. The zero-order valence-electron chi connectivity index (χ0n) is 11.2. The zero-order chi connectivity index (χ0) is 13.9. The van der Waals surface area contributed by atoms with Gasteiger partial charge in [-0.1, -0.05) is 58.4 Å². The van der Waals surface area contributed by atoms with Crippen LogP contribution in [0.25, 0.3) is 11.3 Å². The van der Waals surface area contributed by atoms with Gasteiger partial charge in [-0.15, -0.1) is 0 Å². The highest BCUT2D eigenvalue weighted by Gasteiger charge is 2.09. The van der Waals surface area contributed by atoms with Gasteiger partial charge in [-0.25, -0.2) is 4.98 Å². The van der Waals surface area contributed by atoms with Crippen molar-refractivity contribution < 1.29 is 0 Å². The van der Waals surface area contributed by atoms with Crippen LogP contribution in [0.15, 0.2) is 59.1 Å². The van der Waals surface area contributed by atoms with E-state index in [-0.39, 0.29) is 0 Å². The molecule has 0 amide bonds. The topological polar surface area (TPSA) is 28.7 Å². The van der Waals surface area contributed by atoms with Crippen molar-refractivity contribution in [2.75, 3.05) is 0 Å². The molecule has 0 saturated heterocycles. The summed E-state index contributed by atoms with van der Waals surface area (Å²) in [5.74, 6) is 1.01. The summed E-state index contributed by atoms with van der Waals surface area (Å²) < 4.78 is 1.08. The van der Waals surface area contributed by atoms with Crippen LogP contribution in [0.4, 0.5) is 0 Å². The molecule has 3 heteroatoms. The molecule has 0 aliphatic heterocycles. The lowest BCUT2D eigenvalue weighted by Crippen LogP contribution is -1.90. The second-order valence-electron chi connectivity index (χ2n) is 4.83. The van der Waals surface area contributed by atoms with E-state index >= 15 is 0 Å². The van der Waals surface area contributed by atoms with Crippen LogP contribution in [0.1, 0.15) is 17.1 Å². The van der Waals surface area contributed by atoms with Crippen LogP contribution in [0.2, 0.25) is 0 Å². The lowest BCUT2D eigenvalue weighted by atomic mass is 10.1. The summed E-state index contributed by atoms with van der Waals surface area (Å²) in [5, 5.41) is 0. The maximum Gasteiger partial charge on any atom is 0.111 e. The fourth-order valence-electron chi connectivity index (χ4n) is 2.28. The Balaban J connectivity index is 1.89. The van der Waals surface area contributed by atoms with Crippen molar-refractivity contribution in [3.8, 4) is 11.3 Å². The predicted molar refractivity (Wildman–Crippen MR) is 85.7 cm³/mol. The van der Waals surface area contributed by atoms with Crippen LogP contribution in [0.5, 0.6) is 0 Å². The second kappa shape index (κ2) is 5.63. The highest BCUT2D eigenvalue weighted by molar-refractivity contribution is 9.10. The normalized spacial score (nSPS) is 10.7. The van der Waals surface area contributed by atoms with E-state index in [2.05, 4.69) is 64.2 Å². The Bertz CT molecular complexity index is 700. The maximum absolute atomic E-state index is 4.73. The first-order valence-electron chi connectivity index (χ1n) is 6.58. The SMILES string of the molecule is Cc1[nH]c(Cc2ccccc2)nc1-c1ccc(Br)cc1. The van der Waals surface area contributed by atoms with E-state index in [1.807, 2.05) is 18.2 Å². The summed E-state index contributed by atoms with van der Waals surface area (Å²) in [6, 6.07) is 18.6. The largest absolute Gasteiger partial charge is 0.345 e. The van der Waals surface area contributed by atoms with Gasteiger partial charge in [0.1, 0.15) is 5.82 Å². The van der Waals surface area contributed by atoms with Crippen LogP contribution in [0, 0.1) is 6.92 Å².